The summed E-state index contributed by atoms with van der Waals surface area (Å²) in [5.41, 5.74) is 6.53. The Kier molecular flexibility index (Phi) is 14.6. The molecular weight excluding hydrogens is 728 g/mol. The van der Waals surface area contributed by atoms with Crippen LogP contribution < -0.4 is 16.4 Å². The maximum atomic E-state index is 14.5. The molecule has 2 saturated heterocycles. The van der Waals surface area contributed by atoms with Gasteiger partial charge in [0, 0.05) is 32.8 Å². The van der Waals surface area contributed by atoms with Gasteiger partial charge in [-0.15, -0.1) is 0 Å². The molecule has 3 heterocycles. The van der Waals surface area contributed by atoms with Crippen LogP contribution in [0.25, 0.3) is 0 Å². The van der Waals surface area contributed by atoms with Crippen molar-refractivity contribution < 1.29 is 71.3 Å². The second kappa shape index (κ2) is 18.1. The van der Waals surface area contributed by atoms with E-state index in [-0.39, 0.29) is 31.8 Å². The topological polar surface area (TPSA) is 324 Å². The van der Waals surface area contributed by atoms with Crippen LogP contribution in [0.5, 0.6) is 0 Å². The number of nitrogens with zero attached hydrogens (tertiary/aromatic N) is 2. The van der Waals surface area contributed by atoms with Crippen molar-refractivity contribution >= 4 is 34.1 Å². The lowest BCUT2D eigenvalue weighted by molar-refractivity contribution is -0.320. The molecule has 0 aromatic heterocycles. The van der Waals surface area contributed by atoms with Crippen molar-refractivity contribution in [2.75, 3.05) is 40.0 Å². The van der Waals surface area contributed by atoms with E-state index in [0.29, 0.717) is 19.5 Å². The van der Waals surface area contributed by atoms with Gasteiger partial charge in [0.05, 0.1) is 18.8 Å². The molecule has 0 spiro atoms. The molecule has 11 N–H and O–H groups in total. The summed E-state index contributed by atoms with van der Waals surface area (Å²) in [4.78, 5) is 44.5. The van der Waals surface area contributed by atoms with E-state index in [0.717, 1.165) is 12.7 Å². The second-order valence-corrected chi connectivity index (χ2v) is 15.2. The van der Waals surface area contributed by atoms with E-state index in [1.807, 2.05) is 6.08 Å². The molecule has 302 valence electrons. The minimum absolute atomic E-state index is 0.0471. The van der Waals surface area contributed by atoms with Gasteiger partial charge in [-0.3, -0.25) is 24.3 Å². The molecule has 4 aliphatic rings. The number of hydrogen-bond acceptors (Lipinski definition) is 15. The summed E-state index contributed by atoms with van der Waals surface area (Å²) in [5, 5.41) is 64.8. The number of aliphatic hydroxyl groups is 5. The highest BCUT2D eigenvalue weighted by Crippen LogP contribution is 2.42. The number of fused-ring (bicyclic) bond motifs is 1. The number of nitrogens with one attached hydrogen (secondary N) is 3. The first-order valence-corrected chi connectivity index (χ1v) is 18.7. The molecular formula is C31H52N6O15S. The summed E-state index contributed by atoms with van der Waals surface area (Å²) < 4.78 is 51.9. The Morgan fingerprint density at radius 1 is 1.11 bits per heavy atom. The van der Waals surface area contributed by atoms with E-state index in [1.54, 1.807) is 18.7 Å². The summed E-state index contributed by atoms with van der Waals surface area (Å²) in [6.07, 6.45) is -9.37. The number of methoxy groups -OCH3 is 1. The van der Waals surface area contributed by atoms with E-state index in [4.69, 9.17) is 29.9 Å². The maximum Gasteiger partial charge on any atom is 0.397 e. The van der Waals surface area contributed by atoms with Crippen LogP contribution in [0.3, 0.4) is 0 Å². The van der Waals surface area contributed by atoms with E-state index in [2.05, 4.69) is 14.8 Å². The van der Waals surface area contributed by atoms with Gasteiger partial charge < -0.3 is 65.9 Å². The first kappa shape index (κ1) is 42.7. The Morgan fingerprint density at radius 2 is 1.81 bits per heavy atom. The molecule has 1 aliphatic carbocycles. The van der Waals surface area contributed by atoms with Crippen LogP contribution in [0.2, 0.25) is 0 Å². The molecule has 3 aliphatic heterocycles. The van der Waals surface area contributed by atoms with Crippen LogP contribution in [-0.4, -0.2) is 179 Å². The van der Waals surface area contributed by atoms with Crippen molar-refractivity contribution in [2.45, 2.75) is 107 Å². The molecule has 0 bridgehead atoms. The van der Waals surface area contributed by atoms with Crippen LogP contribution in [0.15, 0.2) is 11.6 Å². The summed E-state index contributed by atoms with van der Waals surface area (Å²) in [6.45, 7) is 2.77. The number of amides is 3. The van der Waals surface area contributed by atoms with Gasteiger partial charge in [-0.25, -0.2) is 4.18 Å². The van der Waals surface area contributed by atoms with Crippen LogP contribution in [0.1, 0.15) is 39.5 Å². The number of carbonyl (C=O) groups is 3. The van der Waals surface area contributed by atoms with Crippen LogP contribution >= 0.6 is 0 Å². The zero-order valence-electron chi connectivity index (χ0n) is 29.7. The number of carbonyl (C=O) groups excluding carboxylic acids is 3. The van der Waals surface area contributed by atoms with Gasteiger partial charge in [0.25, 0.3) is 5.91 Å². The fourth-order valence-corrected chi connectivity index (χ4v) is 7.54. The third-order valence-corrected chi connectivity index (χ3v) is 10.6. The van der Waals surface area contributed by atoms with Gasteiger partial charge in [-0.05, 0) is 37.5 Å². The first-order chi connectivity index (χ1) is 24.9. The van der Waals surface area contributed by atoms with E-state index < -0.39 is 120 Å². The van der Waals surface area contributed by atoms with Gasteiger partial charge >= 0.3 is 10.4 Å². The minimum atomic E-state index is -4.92. The van der Waals surface area contributed by atoms with Crippen molar-refractivity contribution in [3.05, 3.63) is 11.6 Å². The van der Waals surface area contributed by atoms with Gasteiger partial charge in [0.15, 0.2) is 18.4 Å². The summed E-state index contributed by atoms with van der Waals surface area (Å²) in [7, 11) is -3.82. The number of rotatable bonds is 15. The number of likely N-dealkylation sites (tertiary alicyclic amines) is 1. The summed E-state index contributed by atoms with van der Waals surface area (Å²) in [5.74, 6) is -3.20. The highest BCUT2D eigenvalue weighted by Gasteiger charge is 2.54. The zero-order chi connectivity index (χ0) is 39.4. The first-order valence-electron chi connectivity index (χ1n) is 17.3. The highest BCUT2D eigenvalue weighted by atomic mass is 32.3. The van der Waals surface area contributed by atoms with Gasteiger partial charge in [0.2, 0.25) is 11.8 Å². The molecule has 0 aromatic rings. The molecule has 53 heavy (non-hydrogen) atoms. The average molecular weight is 781 g/mol. The van der Waals surface area contributed by atoms with E-state index in [1.165, 1.54) is 4.90 Å². The van der Waals surface area contributed by atoms with Gasteiger partial charge in [0.1, 0.15) is 43.1 Å². The zero-order valence-corrected chi connectivity index (χ0v) is 30.5. The van der Waals surface area contributed by atoms with Gasteiger partial charge in [-0.2, -0.15) is 8.42 Å². The predicted octanol–water partition coefficient (Wildman–Crippen LogP) is -4.47. The molecule has 3 fully saturated rings. The third kappa shape index (κ3) is 10.4. The highest BCUT2D eigenvalue weighted by molar-refractivity contribution is 7.80. The molecule has 12 atom stereocenters. The largest absolute Gasteiger partial charge is 0.397 e. The molecule has 4 rings (SSSR count). The Balaban J connectivity index is 1.56. The molecule has 0 unspecified atom stereocenters. The minimum Gasteiger partial charge on any atom is -0.394 e. The van der Waals surface area contributed by atoms with Crippen molar-refractivity contribution in [3.8, 4) is 0 Å². The Bertz CT molecular complexity index is 1470. The van der Waals surface area contributed by atoms with Crippen LogP contribution in [0.4, 0.5) is 0 Å². The second-order valence-electron chi connectivity index (χ2n) is 14.1. The molecule has 3 amide bonds. The average Bonchev–Trinajstić information content (AvgIpc) is 3.72. The standard InChI is InChI=1S/C31H52N6O15S/c1-14(2)23(35-28(44)22(49-3)13-50-53(46,47)48)29(45)37-17-10-20(51-30-26(42)25(41)24(40)21(12-38)52-30)19(39)9-16(17)8-18(37)27(43)34-6-4-15-5-7-36(11-15)31(32)33/h5,14,16-26,30,38-42H,4,6-13H2,1-3H3,(H3,32,33)(H,34,43)(H,35,44)(H,46,47,48)/t16-,17+,18+,19+,20+,21-,22-,23-,24-,25+,26-,30-/m1/s1. The van der Waals surface area contributed by atoms with Crippen molar-refractivity contribution in [2.24, 2.45) is 17.6 Å². The number of aliphatic hydroxyl groups excluding tert-OH is 5. The van der Waals surface area contributed by atoms with Crippen LogP contribution in [0, 0.1) is 17.2 Å². The smallest absolute Gasteiger partial charge is 0.394 e. The maximum absolute atomic E-state index is 14.5. The summed E-state index contributed by atoms with van der Waals surface area (Å²) >= 11 is 0. The fourth-order valence-electron chi connectivity index (χ4n) is 7.24. The quantitative estimate of drug-likeness (QED) is 0.0324. The lowest BCUT2D eigenvalue weighted by Gasteiger charge is -2.44. The van der Waals surface area contributed by atoms with Gasteiger partial charge in [-0.1, -0.05) is 25.5 Å². The number of nitrogens with two attached hydrogens (primary N) is 1. The Hall–Kier alpha value is -3.03. The monoisotopic (exact) mass is 780 g/mol. The Labute approximate surface area is 306 Å². The van der Waals surface area contributed by atoms with Crippen LogP contribution in [-0.2, 0) is 43.2 Å². The SMILES string of the molecule is CO[C@H](COS(=O)(=O)O)C(=O)N[C@@H](C(=O)N1[C@H](C(=O)NCCC2=CCN(C(=N)N)C2)C[C@@H]2C[C@H](O)[C@@H](O[C@@H]3O[C@H](CO)[C@@H](O)[C@H](O)[C@H]3O)C[C@@H]21)C(C)C. The van der Waals surface area contributed by atoms with Crippen molar-refractivity contribution in [1.82, 2.24) is 20.4 Å². The molecule has 1 saturated carbocycles. The number of ether oxygens (including phenoxy) is 3. The normalized spacial score (nSPS) is 32.9. The van der Waals surface area contributed by atoms with Crippen molar-refractivity contribution in [3.63, 3.8) is 0 Å². The number of guanidine groups is 1. The lowest BCUT2D eigenvalue weighted by Crippen LogP contribution is -2.62. The molecule has 0 aromatic carbocycles. The van der Waals surface area contributed by atoms with Crippen molar-refractivity contribution in [1.29, 1.82) is 5.41 Å². The fraction of sp³-hybridized carbons (Fsp3) is 0.806. The predicted molar refractivity (Wildman–Crippen MR) is 181 cm³/mol. The number of hydrogen-bond donors (Lipinski definition) is 10. The van der Waals surface area contributed by atoms with E-state index >= 15 is 0 Å². The molecule has 0 radical (unpaired) electrons. The summed E-state index contributed by atoms with van der Waals surface area (Å²) in [6, 6.07) is -3.10. The third-order valence-electron chi connectivity index (χ3n) is 10.2. The molecule has 21 nitrogen and oxygen atoms in total. The lowest BCUT2D eigenvalue weighted by atomic mass is 9.81. The van der Waals surface area contributed by atoms with E-state index in [9.17, 15) is 48.3 Å². The Morgan fingerprint density at radius 3 is 2.40 bits per heavy atom. The molecule has 22 heteroatoms.